The summed E-state index contributed by atoms with van der Waals surface area (Å²) in [5.74, 6) is 0. The third kappa shape index (κ3) is 2.79. The monoisotopic (exact) mass is 244 g/mol. The Kier molecular flexibility index (Phi) is 4.15. The second-order valence-corrected chi connectivity index (χ2v) is 4.64. The standard InChI is InChI=1S/C15H20N2O/c1-3-16-12(2)8-10-17-11-9-15(18)13-6-4-5-7-14(13)17/h4-7,9,11-12,16H,3,8,10H2,1-2H3. The van der Waals surface area contributed by atoms with Crippen LogP contribution in [0, 0.1) is 0 Å². The van der Waals surface area contributed by atoms with Gasteiger partial charge in [-0.15, -0.1) is 0 Å². The van der Waals surface area contributed by atoms with E-state index in [1.807, 2.05) is 30.5 Å². The van der Waals surface area contributed by atoms with Crippen molar-refractivity contribution in [3.05, 3.63) is 46.8 Å². The molecule has 0 bridgehead atoms. The first-order valence-electron chi connectivity index (χ1n) is 6.54. The fourth-order valence-electron chi connectivity index (χ4n) is 2.24. The number of hydrogen-bond donors (Lipinski definition) is 1. The van der Waals surface area contributed by atoms with Crippen LogP contribution in [0.2, 0.25) is 0 Å². The molecule has 0 spiro atoms. The number of hydrogen-bond acceptors (Lipinski definition) is 2. The zero-order chi connectivity index (χ0) is 13.0. The Labute approximate surface area is 107 Å². The number of benzene rings is 1. The average molecular weight is 244 g/mol. The molecule has 0 saturated carbocycles. The molecule has 0 fully saturated rings. The maximum Gasteiger partial charge on any atom is 0.189 e. The third-order valence-electron chi connectivity index (χ3n) is 3.24. The van der Waals surface area contributed by atoms with Crippen LogP contribution >= 0.6 is 0 Å². The lowest BCUT2D eigenvalue weighted by atomic mass is 10.2. The molecule has 2 aromatic rings. The number of para-hydroxylation sites is 1. The lowest BCUT2D eigenvalue weighted by molar-refractivity contribution is 0.492. The van der Waals surface area contributed by atoms with E-state index >= 15 is 0 Å². The fraction of sp³-hybridized carbons (Fsp3) is 0.400. The van der Waals surface area contributed by atoms with Gasteiger partial charge in [-0.05, 0) is 32.0 Å². The van der Waals surface area contributed by atoms with Crippen LogP contribution in [0.1, 0.15) is 20.3 Å². The minimum atomic E-state index is 0.0987. The Balaban J connectivity index is 2.24. The van der Waals surface area contributed by atoms with Crippen molar-refractivity contribution >= 4 is 10.9 Å². The van der Waals surface area contributed by atoms with E-state index < -0.39 is 0 Å². The predicted molar refractivity (Wildman–Crippen MR) is 76.0 cm³/mol. The Morgan fingerprint density at radius 2 is 2.06 bits per heavy atom. The minimum absolute atomic E-state index is 0.0987. The maximum atomic E-state index is 11.7. The first-order chi connectivity index (χ1) is 8.72. The van der Waals surface area contributed by atoms with Gasteiger partial charge in [-0.3, -0.25) is 4.79 Å². The summed E-state index contributed by atoms with van der Waals surface area (Å²) in [7, 11) is 0. The molecule has 0 aliphatic rings. The van der Waals surface area contributed by atoms with Crippen molar-refractivity contribution in [1.29, 1.82) is 0 Å². The van der Waals surface area contributed by atoms with Crippen LogP contribution in [0.25, 0.3) is 10.9 Å². The van der Waals surface area contributed by atoms with Crippen LogP contribution in [-0.2, 0) is 6.54 Å². The summed E-state index contributed by atoms with van der Waals surface area (Å²) in [6, 6.07) is 9.94. The number of nitrogens with zero attached hydrogens (tertiary/aromatic N) is 1. The molecular weight excluding hydrogens is 224 g/mol. The second-order valence-electron chi connectivity index (χ2n) is 4.64. The Morgan fingerprint density at radius 1 is 1.28 bits per heavy atom. The molecule has 3 heteroatoms. The molecule has 96 valence electrons. The SMILES string of the molecule is CCNC(C)CCn1ccc(=O)c2ccccc21. The van der Waals surface area contributed by atoms with E-state index in [0.29, 0.717) is 6.04 Å². The van der Waals surface area contributed by atoms with Gasteiger partial charge in [-0.25, -0.2) is 0 Å². The number of aromatic nitrogens is 1. The summed E-state index contributed by atoms with van der Waals surface area (Å²) in [6.07, 6.45) is 2.95. The molecule has 0 aliphatic heterocycles. The summed E-state index contributed by atoms with van der Waals surface area (Å²) in [6.45, 7) is 6.22. The van der Waals surface area contributed by atoms with E-state index in [1.165, 1.54) is 0 Å². The van der Waals surface area contributed by atoms with Crippen molar-refractivity contribution < 1.29 is 0 Å². The highest BCUT2D eigenvalue weighted by Crippen LogP contribution is 2.10. The molecule has 0 radical (unpaired) electrons. The van der Waals surface area contributed by atoms with Crippen LogP contribution < -0.4 is 10.7 Å². The second kappa shape index (κ2) is 5.83. The smallest absolute Gasteiger partial charge is 0.189 e. The summed E-state index contributed by atoms with van der Waals surface area (Å²) < 4.78 is 2.16. The quantitative estimate of drug-likeness (QED) is 0.876. The fourth-order valence-corrected chi connectivity index (χ4v) is 2.24. The number of aryl methyl sites for hydroxylation is 1. The number of nitrogens with one attached hydrogen (secondary N) is 1. The summed E-state index contributed by atoms with van der Waals surface area (Å²) in [5, 5.41) is 4.20. The van der Waals surface area contributed by atoms with Crippen molar-refractivity contribution in [1.82, 2.24) is 9.88 Å². The molecular formula is C15H20N2O. The molecule has 0 amide bonds. The summed E-state index contributed by atoms with van der Waals surface area (Å²) in [4.78, 5) is 11.7. The van der Waals surface area contributed by atoms with E-state index in [4.69, 9.17) is 0 Å². The molecule has 1 unspecified atom stereocenters. The van der Waals surface area contributed by atoms with E-state index in [9.17, 15) is 4.79 Å². The van der Waals surface area contributed by atoms with Crippen LogP contribution in [0.15, 0.2) is 41.3 Å². The van der Waals surface area contributed by atoms with Crippen LogP contribution in [0.5, 0.6) is 0 Å². The lowest BCUT2D eigenvalue weighted by Gasteiger charge is -2.15. The van der Waals surface area contributed by atoms with Gasteiger partial charge in [-0.1, -0.05) is 19.1 Å². The van der Waals surface area contributed by atoms with E-state index in [2.05, 4.69) is 23.7 Å². The summed E-state index contributed by atoms with van der Waals surface area (Å²) >= 11 is 0. The average Bonchev–Trinajstić information content (AvgIpc) is 2.39. The topological polar surface area (TPSA) is 34.0 Å². The molecule has 1 heterocycles. The molecule has 0 saturated heterocycles. The van der Waals surface area contributed by atoms with Gasteiger partial charge in [-0.2, -0.15) is 0 Å². The van der Waals surface area contributed by atoms with Gasteiger partial charge >= 0.3 is 0 Å². The van der Waals surface area contributed by atoms with Gasteiger partial charge in [0, 0.05) is 30.2 Å². The predicted octanol–water partition coefficient (Wildman–Crippen LogP) is 2.39. The van der Waals surface area contributed by atoms with E-state index in [1.54, 1.807) is 6.07 Å². The number of rotatable bonds is 5. The zero-order valence-electron chi connectivity index (χ0n) is 11.0. The van der Waals surface area contributed by atoms with Crippen molar-refractivity contribution in [3.63, 3.8) is 0 Å². The Bertz CT molecular complexity index is 574. The van der Waals surface area contributed by atoms with Gasteiger partial charge in [0.05, 0.1) is 5.52 Å². The van der Waals surface area contributed by atoms with Gasteiger partial charge in [0.1, 0.15) is 0 Å². The Hall–Kier alpha value is -1.61. The highest BCUT2D eigenvalue weighted by atomic mass is 16.1. The highest BCUT2D eigenvalue weighted by molar-refractivity contribution is 5.78. The lowest BCUT2D eigenvalue weighted by Crippen LogP contribution is -2.27. The third-order valence-corrected chi connectivity index (χ3v) is 3.24. The number of fused-ring (bicyclic) bond motifs is 1. The minimum Gasteiger partial charge on any atom is -0.347 e. The van der Waals surface area contributed by atoms with E-state index in [0.717, 1.165) is 30.4 Å². The molecule has 2 rings (SSSR count). The van der Waals surface area contributed by atoms with Crippen molar-refractivity contribution in [2.24, 2.45) is 0 Å². The number of pyridine rings is 1. The first kappa shape index (κ1) is 12.8. The summed E-state index contributed by atoms with van der Waals surface area (Å²) in [5.41, 5.74) is 1.12. The van der Waals surface area contributed by atoms with Crippen LogP contribution in [0.3, 0.4) is 0 Å². The molecule has 1 aromatic heterocycles. The van der Waals surface area contributed by atoms with Gasteiger partial charge < -0.3 is 9.88 Å². The van der Waals surface area contributed by atoms with Crippen LogP contribution in [-0.4, -0.2) is 17.2 Å². The largest absolute Gasteiger partial charge is 0.347 e. The highest BCUT2D eigenvalue weighted by Gasteiger charge is 2.04. The van der Waals surface area contributed by atoms with Crippen LogP contribution in [0.4, 0.5) is 0 Å². The van der Waals surface area contributed by atoms with Gasteiger partial charge in [0.15, 0.2) is 5.43 Å². The van der Waals surface area contributed by atoms with E-state index in [-0.39, 0.29) is 5.43 Å². The zero-order valence-corrected chi connectivity index (χ0v) is 11.0. The molecule has 0 aliphatic carbocycles. The Morgan fingerprint density at radius 3 is 2.83 bits per heavy atom. The molecule has 1 atom stereocenters. The van der Waals surface area contributed by atoms with Crippen molar-refractivity contribution in [3.8, 4) is 0 Å². The van der Waals surface area contributed by atoms with Gasteiger partial charge in [0.25, 0.3) is 0 Å². The molecule has 1 aromatic carbocycles. The first-order valence-corrected chi connectivity index (χ1v) is 6.54. The molecule has 1 N–H and O–H groups in total. The van der Waals surface area contributed by atoms with Crippen molar-refractivity contribution in [2.45, 2.75) is 32.9 Å². The normalized spacial score (nSPS) is 12.8. The van der Waals surface area contributed by atoms with Crippen molar-refractivity contribution in [2.75, 3.05) is 6.54 Å². The van der Waals surface area contributed by atoms with Gasteiger partial charge in [0.2, 0.25) is 0 Å². The molecule has 18 heavy (non-hydrogen) atoms. The molecule has 3 nitrogen and oxygen atoms in total. The maximum absolute atomic E-state index is 11.7.